The highest BCUT2D eigenvalue weighted by Crippen LogP contribution is 2.31. The molecule has 140 valence electrons. The van der Waals surface area contributed by atoms with E-state index in [1.165, 1.54) is 4.90 Å². The molecule has 2 heterocycles. The van der Waals surface area contributed by atoms with Gasteiger partial charge >= 0.3 is 5.97 Å². The summed E-state index contributed by atoms with van der Waals surface area (Å²) in [5, 5.41) is 0. The van der Waals surface area contributed by atoms with E-state index in [1.54, 1.807) is 6.92 Å². The molecule has 2 aliphatic heterocycles. The van der Waals surface area contributed by atoms with E-state index in [0.717, 1.165) is 12.0 Å². The van der Waals surface area contributed by atoms with Crippen LogP contribution in [0.2, 0.25) is 0 Å². The molecular formula is C20H26N2O4. The van der Waals surface area contributed by atoms with Gasteiger partial charge in [0.15, 0.2) is 0 Å². The first-order valence-electron chi connectivity index (χ1n) is 9.42. The van der Waals surface area contributed by atoms with Crippen molar-refractivity contribution >= 4 is 23.5 Å². The summed E-state index contributed by atoms with van der Waals surface area (Å²) >= 11 is 0. The molecule has 0 spiro atoms. The number of aryl methyl sites for hydroxylation is 1. The van der Waals surface area contributed by atoms with Crippen LogP contribution in [0.5, 0.6) is 0 Å². The molecular weight excluding hydrogens is 332 g/mol. The fourth-order valence-corrected chi connectivity index (χ4v) is 3.89. The lowest BCUT2D eigenvalue weighted by Crippen LogP contribution is -2.47. The molecule has 0 bridgehead atoms. The van der Waals surface area contributed by atoms with Crippen LogP contribution in [0.1, 0.15) is 38.7 Å². The molecule has 0 radical (unpaired) electrons. The van der Waals surface area contributed by atoms with Crippen molar-refractivity contribution in [3.05, 3.63) is 29.8 Å². The smallest absolute Gasteiger partial charge is 0.309 e. The number of hydrogen-bond donors (Lipinski definition) is 0. The van der Waals surface area contributed by atoms with Crippen molar-refractivity contribution in [2.45, 2.75) is 45.6 Å². The van der Waals surface area contributed by atoms with Crippen LogP contribution < -0.4 is 4.90 Å². The number of anilines is 1. The maximum Gasteiger partial charge on any atom is 0.309 e. The summed E-state index contributed by atoms with van der Waals surface area (Å²) in [6.45, 7) is 5.48. The third-order valence-corrected chi connectivity index (χ3v) is 5.33. The molecule has 1 aromatic carbocycles. The molecule has 0 unspecified atom stereocenters. The number of esters is 1. The summed E-state index contributed by atoms with van der Waals surface area (Å²) in [4.78, 5) is 40.8. The Kier molecular flexibility index (Phi) is 5.71. The van der Waals surface area contributed by atoms with Gasteiger partial charge in [0.25, 0.3) is 5.91 Å². The summed E-state index contributed by atoms with van der Waals surface area (Å²) in [6, 6.07) is 7.14. The van der Waals surface area contributed by atoms with Gasteiger partial charge in [-0.2, -0.15) is 0 Å². The van der Waals surface area contributed by atoms with Crippen molar-refractivity contribution in [3.8, 4) is 0 Å². The molecule has 2 amide bonds. The van der Waals surface area contributed by atoms with Crippen molar-refractivity contribution in [2.24, 2.45) is 5.92 Å². The first kappa shape index (κ1) is 18.6. The summed E-state index contributed by atoms with van der Waals surface area (Å²) in [5.74, 6) is -0.547. The van der Waals surface area contributed by atoms with Gasteiger partial charge in [-0.3, -0.25) is 19.3 Å². The average molecular weight is 358 g/mol. The highest BCUT2D eigenvalue weighted by Gasteiger charge is 2.44. The van der Waals surface area contributed by atoms with E-state index >= 15 is 0 Å². The molecule has 6 heteroatoms. The van der Waals surface area contributed by atoms with Crippen LogP contribution in [0.15, 0.2) is 24.3 Å². The lowest BCUT2D eigenvalue weighted by Gasteiger charge is -2.33. The van der Waals surface area contributed by atoms with Gasteiger partial charge in [0, 0.05) is 0 Å². The number of carbonyl (C=O) groups is 3. The number of hydrogen-bond acceptors (Lipinski definition) is 5. The fourth-order valence-electron chi connectivity index (χ4n) is 3.89. The minimum Gasteiger partial charge on any atom is -0.466 e. The molecule has 0 aliphatic carbocycles. The Morgan fingerprint density at radius 3 is 2.50 bits per heavy atom. The molecule has 1 aromatic rings. The van der Waals surface area contributed by atoms with E-state index in [4.69, 9.17) is 4.74 Å². The van der Waals surface area contributed by atoms with Crippen molar-refractivity contribution < 1.29 is 19.1 Å². The number of imide groups is 1. The van der Waals surface area contributed by atoms with Gasteiger partial charge in [-0.1, -0.05) is 25.1 Å². The molecule has 6 nitrogen and oxygen atoms in total. The number of amides is 2. The van der Waals surface area contributed by atoms with Gasteiger partial charge in [0.05, 0.1) is 30.7 Å². The van der Waals surface area contributed by atoms with Crippen LogP contribution in [-0.2, 0) is 25.5 Å². The lowest BCUT2D eigenvalue weighted by molar-refractivity contribution is -0.149. The number of carbonyl (C=O) groups excluding carboxylic acids is 3. The minimum atomic E-state index is -0.421. The second kappa shape index (κ2) is 7.99. The highest BCUT2D eigenvalue weighted by molar-refractivity contribution is 6.22. The second-order valence-corrected chi connectivity index (χ2v) is 6.83. The Morgan fingerprint density at radius 1 is 1.15 bits per heavy atom. The molecule has 26 heavy (non-hydrogen) atoms. The van der Waals surface area contributed by atoms with Crippen molar-refractivity contribution in [3.63, 3.8) is 0 Å². The Morgan fingerprint density at radius 2 is 1.85 bits per heavy atom. The third kappa shape index (κ3) is 3.51. The first-order chi connectivity index (χ1) is 12.6. The van der Waals surface area contributed by atoms with E-state index in [1.807, 2.05) is 36.1 Å². The van der Waals surface area contributed by atoms with Crippen LogP contribution in [0, 0.1) is 5.92 Å². The Balaban J connectivity index is 1.69. The molecule has 0 aromatic heterocycles. The summed E-state index contributed by atoms with van der Waals surface area (Å²) in [5.41, 5.74) is 1.70. The number of ether oxygens (including phenoxy) is 1. The molecule has 2 saturated heterocycles. The van der Waals surface area contributed by atoms with Gasteiger partial charge in [0.1, 0.15) is 0 Å². The van der Waals surface area contributed by atoms with Crippen LogP contribution in [0.25, 0.3) is 0 Å². The largest absolute Gasteiger partial charge is 0.466 e. The average Bonchev–Trinajstić information content (AvgIpc) is 2.96. The Bertz CT molecular complexity index is 695. The van der Waals surface area contributed by atoms with E-state index in [9.17, 15) is 14.4 Å². The number of likely N-dealkylation sites (tertiary alicyclic amines) is 1. The van der Waals surface area contributed by atoms with Crippen LogP contribution in [-0.4, -0.2) is 48.4 Å². The maximum absolute atomic E-state index is 13.0. The normalized spacial score (nSPS) is 22.1. The molecule has 1 atom stereocenters. The van der Waals surface area contributed by atoms with E-state index < -0.39 is 6.04 Å². The molecule has 0 N–H and O–H groups in total. The van der Waals surface area contributed by atoms with Gasteiger partial charge < -0.3 is 4.74 Å². The monoisotopic (exact) mass is 358 g/mol. The minimum absolute atomic E-state index is 0.102. The number of rotatable bonds is 5. The predicted molar refractivity (Wildman–Crippen MR) is 97.6 cm³/mol. The molecule has 2 aliphatic rings. The number of para-hydroxylation sites is 1. The standard InChI is InChI=1S/C20H26N2O4/c1-3-14-7-5-6-8-16(14)22-18(23)13-17(19(22)24)21-11-9-15(10-12-21)20(25)26-4-2/h5-8,15,17H,3-4,9-13H2,1-2H3/t17-/m1/s1. The summed E-state index contributed by atoms with van der Waals surface area (Å²) in [7, 11) is 0. The van der Waals surface area contributed by atoms with E-state index in [0.29, 0.717) is 38.2 Å². The summed E-state index contributed by atoms with van der Waals surface area (Å²) in [6.07, 6.45) is 2.31. The molecule has 0 saturated carbocycles. The van der Waals surface area contributed by atoms with E-state index in [-0.39, 0.29) is 30.1 Å². The molecule has 2 fully saturated rings. The Labute approximate surface area is 154 Å². The Hall–Kier alpha value is -2.21. The number of benzene rings is 1. The van der Waals surface area contributed by atoms with Gasteiger partial charge in [-0.25, -0.2) is 4.90 Å². The van der Waals surface area contributed by atoms with Crippen molar-refractivity contribution in [2.75, 3.05) is 24.6 Å². The number of nitrogens with zero attached hydrogens (tertiary/aromatic N) is 2. The fraction of sp³-hybridized carbons (Fsp3) is 0.550. The zero-order valence-corrected chi connectivity index (χ0v) is 15.4. The van der Waals surface area contributed by atoms with E-state index in [2.05, 4.69) is 0 Å². The zero-order chi connectivity index (χ0) is 18.7. The van der Waals surface area contributed by atoms with Crippen LogP contribution in [0.3, 0.4) is 0 Å². The van der Waals surface area contributed by atoms with Crippen molar-refractivity contribution in [1.82, 2.24) is 4.90 Å². The maximum atomic E-state index is 13.0. The summed E-state index contributed by atoms with van der Waals surface area (Å²) < 4.78 is 5.09. The second-order valence-electron chi connectivity index (χ2n) is 6.83. The topological polar surface area (TPSA) is 66.9 Å². The van der Waals surface area contributed by atoms with Gasteiger partial charge in [0.2, 0.25) is 5.91 Å². The highest BCUT2D eigenvalue weighted by atomic mass is 16.5. The van der Waals surface area contributed by atoms with Crippen LogP contribution >= 0.6 is 0 Å². The number of piperidine rings is 1. The van der Waals surface area contributed by atoms with Gasteiger partial charge in [-0.05, 0) is 50.9 Å². The predicted octanol–water partition coefficient (Wildman–Crippen LogP) is 2.16. The zero-order valence-electron chi connectivity index (χ0n) is 15.4. The van der Waals surface area contributed by atoms with Gasteiger partial charge in [-0.15, -0.1) is 0 Å². The third-order valence-electron chi connectivity index (χ3n) is 5.33. The first-order valence-corrected chi connectivity index (χ1v) is 9.42. The van der Waals surface area contributed by atoms with Crippen LogP contribution in [0.4, 0.5) is 5.69 Å². The lowest BCUT2D eigenvalue weighted by atomic mass is 9.95. The SMILES string of the molecule is CCOC(=O)C1CCN([C@@H]2CC(=O)N(c3ccccc3CC)C2=O)CC1. The molecule has 3 rings (SSSR count). The quantitative estimate of drug-likeness (QED) is 0.596. The van der Waals surface area contributed by atoms with Crippen molar-refractivity contribution in [1.29, 1.82) is 0 Å².